The molecular formula is C23H25N3O3S. The van der Waals surface area contributed by atoms with Crippen LogP contribution in [0.15, 0.2) is 42.5 Å². The second-order valence-corrected chi connectivity index (χ2v) is 8.20. The number of hydrogen-bond acceptors (Lipinski definition) is 5. The molecular weight excluding hydrogens is 398 g/mol. The fraction of sp³-hybridized carbons (Fsp3) is 0.261. The minimum absolute atomic E-state index is 0.0911. The quantitative estimate of drug-likeness (QED) is 0.597. The maximum Gasteiger partial charge on any atom is 0.263 e. The van der Waals surface area contributed by atoms with E-state index in [1.807, 2.05) is 56.3 Å². The van der Waals surface area contributed by atoms with Gasteiger partial charge in [-0.05, 0) is 44.0 Å². The molecule has 0 fully saturated rings. The van der Waals surface area contributed by atoms with Crippen LogP contribution in [-0.2, 0) is 17.8 Å². The molecule has 2 N–H and O–H groups in total. The summed E-state index contributed by atoms with van der Waals surface area (Å²) in [7, 11) is 1.56. The van der Waals surface area contributed by atoms with Crippen LogP contribution in [0.25, 0.3) is 0 Å². The van der Waals surface area contributed by atoms with E-state index in [0.717, 1.165) is 11.1 Å². The predicted octanol–water partition coefficient (Wildman–Crippen LogP) is 4.19. The summed E-state index contributed by atoms with van der Waals surface area (Å²) < 4.78 is 5.30. The lowest BCUT2D eigenvalue weighted by Crippen LogP contribution is -2.22. The van der Waals surface area contributed by atoms with Crippen LogP contribution >= 0.6 is 11.3 Å². The summed E-state index contributed by atoms with van der Waals surface area (Å²) >= 11 is 1.24. The van der Waals surface area contributed by atoms with Crippen LogP contribution in [0.1, 0.15) is 37.1 Å². The van der Waals surface area contributed by atoms with Crippen molar-refractivity contribution in [1.29, 1.82) is 0 Å². The third kappa shape index (κ3) is 5.45. The molecule has 0 atom stereocenters. The van der Waals surface area contributed by atoms with Crippen LogP contribution in [0, 0.1) is 20.8 Å². The number of aryl methyl sites for hydroxylation is 3. The zero-order chi connectivity index (χ0) is 21.7. The van der Waals surface area contributed by atoms with Crippen molar-refractivity contribution in [3.8, 4) is 5.75 Å². The monoisotopic (exact) mass is 423 g/mol. The summed E-state index contributed by atoms with van der Waals surface area (Å²) in [6, 6.07) is 13.6. The second-order valence-electron chi connectivity index (χ2n) is 7.12. The van der Waals surface area contributed by atoms with Crippen molar-refractivity contribution in [1.82, 2.24) is 10.3 Å². The van der Waals surface area contributed by atoms with Gasteiger partial charge in [-0.15, -0.1) is 11.3 Å². The first-order chi connectivity index (χ1) is 14.4. The molecule has 156 valence electrons. The first-order valence-corrected chi connectivity index (χ1v) is 10.4. The van der Waals surface area contributed by atoms with Crippen molar-refractivity contribution >= 4 is 28.8 Å². The van der Waals surface area contributed by atoms with E-state index in [1.165, 1.54) is 16.9 Å². The minimum atomic E-state index is -0.209. The van der Waals surface area contributed by atoms with Gasteiger partial charge in [-0.3, -0.25) is 9.59 Å². The minimum Gasteiger partial charge on any atom is -0.495 e. The first kappa shape index (κ1) is 21.5. The third-order valence-corrected chi connectivity index (χ3v) is 5.72. The van der Waals surface area contributed by atoms with Gasteiger partial charge in [-0.2, -0.15) is 0 Å². The van der Waals surface area contributed by atoms with Crippen molar-refractivity contribution in [2.24, 2.45) is 0 Å². The highest BCUT2D eigenvalue weighted by molar-refractivity contribution is 7.13. The Morgan fingerprint density at radius 2 is 1.73 bits per heavy atom. The normalized spacial score (nSPS) is 10.5. The van der Waals surface area contributed by atoms with Crippen molar-refractivity contribution in [2.45, 2.75) is 33.7 Å². The van der Waals surface area contributed by atoms with Gasteiger partial charge in [-0.25, -0.2) is 4.98 Å². The molecule has 0 aliphatic heterocycles. The standard InChI is InChI=1S/C23H25N3O3S/c1-14-5-8-17(9-6-14)13-24-23(28)22-16(3)25-21(30-22)12-20(27)26-18-11-15(2)7-10-19(18)29-4/h5-11H,12-13H2,1-4H3,(H,24,28)(H,26,27). The molecule has 30 heavy (non-hydrogen) atoms. The summed E-state index contributed by atoms with van der Waals surface area (Å²) in [4.78, 5) is 30.0. The van der Waals surface area contributed by atoms with Crippen molar-refractivity contribution < 1.29 is 14.3 Å². The maximum absolute atomic E-state index is 12.6. The number of carbonyl (C=O) groups is 2. The summed E-state index contributed by atoms with van der Waals surface area (Å²) in [6.45, 7) is 6.19. The highest BCUT2D eigenvalue weighted by atomic mass is 32.1. The zero-order valence-corrected chi connectivity index (χ0v) is 18.4. The number of thiazole rings is 1. The predicted molar refractivity (Wildman–Crippen MR) is 119 cm³/mol. The molecule has 0 bridgehead atoms. The fourth-order valence-electron chi connectivity index (χ4n) is 2.96. The van der Waals surface area contributed by atoms with E-state index < -0.39 is 0 Å². The van der Waals surface area contributed by atoms with Gasteiger partial charge >= 0.3 is 0 Å². The number of aromatic nitrogens is 1. The third-order valence-electron chi connectivity index (χ3n) is 4.56. The van der Waals surface area contributed by atoms with E-state index in [-0.39, 0.29) is 18.2 Å². The molecule has 0 saturated carbocycles. The van der Waals surface area contributed by atoms with Gasteiger partial charge < -0.3 is 15.4 Å². The molecule has 1 heterocycles. The van der Waals surface area contributed by atoms with Crippen molar-refractivity contribution in [3.05, 3.63) is 74.7 Å². The van der Waals surface area contributed by atoms with Gasteiger partial charge in [0.05, 0.1) is 24.9 Å². The molecule has 3 rings (SSSR count). The summed E-state index contributed by atoms with van der Waals surface area (Å²) in [6.07, 6.45) is 0.0911. The number of methoxy groups -OCH3 is 1. The molecule has 6 nitrogen and oxygen atoms in total. The molecule has 7 heteroatoms. The van der Waals surface area contributed by atoms with Crippen LogP contribution in [0.3, 0.4) is 0 Å². The second kappa shape index (κ2) is 9.54. The summed E-state index contributed by atoms with van der Waals surface area (Å²) in [5.74, 6) is 0.206. The van der Waals surface area contributed by atoms with E-state index in [4.69, 9.17) is 4.74 Å². The molecule has 0 unspecified atom stereocenters. The highest BCUT2D eigenvalue weighted by Gasteiger charge is 2.17. The Kier molecular flexibility index (Phi) is 6.84. The Morgan fingerprint density at radius 3 is 2.43 bits per heavy atom. The maximum atomic E-state index is 12.6. The lowest BCUT2D eigenvalue weighted by Gasteiger charge is -2.10. The average Bonchev–Trinajstić information content (AvgIpc) is 3.07. The molecule has 0 aliphatic rings. The largest absolute Gasteiger partial charge is 0.495 e. The SMILES string of the molecule is COc1ccc(C)cc1NC(=O)Cc1nc(C)c(C(=O)NCc2ccc(C)cc2)s1. The molecule has 2 aromatic carbocycles. The fourth-order valence-corrected chi connectivity index (χ4v) is 3.94. The molecule has 2 amide bonds. The molecule has 1 aromatic heterocycles. The Balaban J connectivity index is 1.62. The number of nitrogens with zero attached hydrogens (tertiary/aromatic N) is 1. The Morgan fingerprint density at radius 1 is 1.03 bits per heavy atom. The zero-order valence-electron chi connectivity index (χ0n) is 17.5. The number of rotatable bonds is 7. The molecule has 0 aliphatic carbocycles. The lowest BCUT2D eigenvalue weighted by molar-refractivity contribution is -0.115. The van der Waals surface area contributed by atoms with Gasteiger partial charge in [0.15, 0.2) is 0 Å². The Labute approximate surface area is 180 Å². The topological polar surface area (TPSA) is 80.3 Å². The first-order valence-electron chi connectivity index (χ1n) is 9.60. The van der Waals surface area contributed by atoms with Gasteiger partial charge in [0, 0.05) is 6.54 Å². The van der Waals surface area contributed by atoms with Gasteiger partial charge in [-0.1, -0.05) is 35.9 Å². The van der Waals surface area contributed by atoms with Crippen LogP contribution in [0.2, 0.25) is 0 Å². The number of nitrogens with one attached hydrogen (secondary N) is 2. The van der Waals surface area contributed by atoms with Gasteiger partial charge in [0.1, 0.15) is 15.6 Å². The number of anilines is 1. The Bertz CT molecular complexity index is 1060. The van der Waals surface area contributed by atoms with E-state index in [0.29, 0.717) is 33.6 Å². The number of carbonyl (C=O) groups excluding carboxylic acids is 2. The van der Waals surface area contributed by atoms with E-state index in [1.54, 1.807) is 14.0 Å². The Hall–Kier alpha value is -3.19. The van der Waals surface area contributed by atoms with Crippen LogP contribution in [0.5, 0.6) is 5.75 Å². The summed E-state index contributed by atoms with van der Waals surface area (Å²) in [5.41, 5.74) is 4.46. The van der Waals surface area contributed by atoms with E-state index in [2.05, 4.69) is 15.6 Å². The number of hydrogen-bond donors (Lipinski definition) is 2. The van der Waals surface area contributed by atoms with Crippen LogP contribution < -0.4 is 15.4 Å². The molecule has 3 aromatic rings. The molecule has 0 spiro atoms. The van der Waals surface area contributed by atoms with Crippen LogP contribution in [0.4, 0.5) is 5.69 Å². The smallest absolute Gasteiger partial charge is 0.263 e. The van der Waals surface area contributed by atoms with Gasteiger partial charge in [0.25, 0.3) is 5.91 Å². The average molecular weight is 424 g/mol. The van der Waals surface area contributed by atoms with Crippen LogP contribution in [-0.4, -0.2) is 23.9 Å². The molecule has 0 radical (unpaired) electrons. The van der Waals surface area contributed by atoms with Crippen molar-refractivity contribution in [2.75, 3.05) is 12.4 Å². The van der Waals surface area contributed by atoms with Crippen molar-refractivity contribution in [3.63, 3.8) is 0 Å². The summed E-state index contributed by atoms with van der Waals surface area (Å²) in [5, 5.41) is 6.37. The number of benzene rings is 2. The highest BCUT2D eigenvalue weighted by Crippen LogP contribution is 2.26. The van der Waals surface area contributed by atoms with E-state index in [9.17, 15) is 9.59 Å². The molecule has 0 saturated heterocycles. The number of ether oxygens (including phenoxy) is 1. The lowest BCUT2D eigenvalue weighted by atomic mass is 10.1. The number of amides is 2. The van der Waals surface area contributed by atoms with E-state index >= 15 is 0 Å². The van der Waals surface area contributed by atoms with Gasteiger partial charge in [0.2, 0.25) is 5.91 Å².